The van der Waals surface area contributed by atoms with Crippen LogP contribution >= 0.6 is 0 Å². The summed E-state index contributed by atoms with van der Waals surface area (Å²) in [5.41, 5.74) is 14.3. The molecule has 229 valence electrons. The van der Waals surface area contributed by atoms with Gasteiger partial charge in [-0.2, -0.15) is 11.1 Å². The molecule has 1 unspecified atom stereocenters. The Morgan fingerprint density at radius 3 is 1.25 bits per heavy atom. The molecule has 1 fully saturated rings. The third kappa shape index (κ3) is 14.5. The number of allylic oxidation sites excluding steroid dienone is 4. The zero-order valence-corrected chi connectivity index (χ0v) is 32.0. The fourth-order valence-corrected chi connectivity index (χ4v) is 6.38. The molecule has 1 N–H and O–H groups in total. The molecule has 1 radical (unpaired) electrons. The van der Waals surface area contributed by atoms with Crippen LogP contribution in [-0.4, -0.2) is 15.6 Å². The molecule has 6 rings (SSSR count). The molecule has 0 saturated heterocycles. The molecule has 2 aliphatic rings. The molecule has 2 aliphatic carbocycles. The summed E-state index contributed by atoms with van der Waals surface area (Å²) in [6.45, 7) is 8.67. The molecule has 4 aromatic carbocycles. The van der Waals surface area contributed by atoms with Gasteiger partial charge in [0.15, 0.2) is 0 Å². The predicted molar refractivity (Wildman–Crippen MR) is 192 cm³/mol. The van der Waals surface area contributed by atoms with E-state index in [1.165, 1.54) is 70.3 Å². The van der Waals surface area contributed by atoms with Crippen LogP contribution < -0.4 is 10.4 Å². The smallest absolute Gasteiger partial charge is 0.103 e. The first-order valence-electron chi connectivity index (χ1n) is 16.0. The van der Waals surface area contributed by atoms with Crippen LogP contribution in [0.15, 0.2) is 138 Å². The summed E-state index contributed by atoms with van der Waals surface area (Å²) in [5.74, 6) is 0.560. The van der Waals surface area contributed by atoms with Crippen LogP contribution in [0.25, 0.3) is 16.9 Å². The SMILES string of the molecule is CC1=[C-]C(C)C(C)=C1C.[Hf].[NH-]C1CCCCCCC1.c1ccc(-c2ccccc2)cc1.c1ccc([SiH]c2ccccc2)cc1. The molecule has 0 bridgehead atoms. The van der Waals surface area contributed by atoms with Crippen molar-refractivity contribution in [3.8, 4) is 11.1 Å². The fourth-order valence-electron chi connectivity index (χ4n) is 5.17. The maximum atomic E-state index is 7.51. The minimum absolute atomic E-state index is 0. The summed E-state index contributed by atoms with van der Waals surface area (Å²) in [4.78, 5) is 0. The van der Waals surface area contributed by atoms with Crippen LogP contribution in [0.3, 0.4) is 0 Å². The Bertz CT molecular complexity index is 1270. The van der Waals surface area contributed by atoms with Gasteiger partial charge in [-0.25, -0.2) is 5.57 Å². The summed E-state index contributed by atoms with van der Waals surface area (Å²) in [5, 5.41) is 2.90. The maximum Gasteiger partial charge on any atom is 0.103 e. The van der Waals surface area contributed by atoms with Crippen molar-refractivity contribution in [2.24, 2.45) is 5.92 Å². The van der Waals surface area contributed by atoms with Crippen molar-refractivity contribution in [2.75, 3.05) is 0 Å². The van der Waals surface area contributed by atoms with E-state index in [1.807, 2.05) is 12.1 Å². The second kappa shape index (κ2) is 22.0. The van der Waals surface area contributed by atoms with E-state index in [2.05, 4.69) is 143 Å². The Balaban J connectivity index is 0.000000206. The Morgan fingerprint density at radius 1 is 0.568 bits per heavy atom. The van der Waals surface area contributed by atoms with Gasteiger partial charge in [0.05, 0.1) is 0 Å². The van der Waals surface area contributed by atoms with E-state index in [1.54, 1.807) is 0 Å². The molecule has 1 saturated carbocycles. The first-order chi connectivity index (χ1) is 20.9. The van der Waals surface area contributed by atoms with E-state index in [4.69, 9.17) is 5.73 Å². The van der Waals surface area contributed by atoms with Gasteiger partial charge in [0.2, 0.25) is 0 Å². The van der Waals surface area contributed by atoms with Crippen molar-refractivity contribution in [3.05, 3.63) is 150 Å². The van der Waals surface area contributed by atoms with Gasteiger partial charge in [-0.1, -0.05) is 203 Å². The van der Waals surface area contributed by atoms with Gasteiger partial charge in [0.25, 0.3) is 0 Å². The first kappa shape index (κ1) is 37.6. The molecule has 4 aromatic rings. The molecule has 44 heavy (non-hydrogen) atoms. The van der Waals surface area contributed by atoms with Gasteiger partial charge in [0.1, 0.15) is 9.52 Å². The van der Waals surface area contributed by atoms with Gasteiger partial charge in [-0.15, -0.1) is 13.0 Å². The average molecular weight is 763 g/mol. The van der Waals surface area contributed by atoms with Gasteiger partial charge in [0, 0.05) is 25.8 Å². The van der Waals surface area contributed by atoms with E-state index in [9.17, 15) is 0 Å². The quantitative estimate of drug-likeness (QED) is 0.147. The van der Waals surface area contributed by atoms with Gasteiger partial charge >= 0.3 is 0 Å². The normalized spacial score (nSPS) is 16.2. The number of rotatable bonds is 3. The fraction of sp³-hybridized carbons (Fsp3) is 0.317. The molecular formula is C41H50HfNSi-2. The minimum atomic E-state index is 0. The van der Waals surface area contributed by atoms with Gasteiger partial charge in [-0.3, -0.25) is 6.08 Å². The van der Waals surface area contributed by atoms with Crippen LogP contribution in [0.5, 0.6) is 0 Å². The van der Waals surface area contributed by atoms with E-state index in [0.29, 0.717) is 5.92 Å². The number of nitrogens with one attached hydrogen (secondary N) is 1. The summed E-state index contributed by atoms with van der Waals surface area (Å²) in [6.07, 6.45) is 12.4. The zero-order valence-electron chi connectivity index (χ0n) is 27.2. The average Bonchev–Trinajstić information content (AvgIpc) is 3.26. The van der Waals surface area contributed by atoms with E-state index < -0.39 is 0 Å². The second-order valence-corrected chi connectivity index (χ2v) is 13.2. The molecule has 1 nitrogen and oxygen atoms in total. The number of hydrogen-bond acceptors (Lipinski definition) is 0. The Morgan fingerprint density at radius 2 is 0.932 bits per heavy atom. The summed E-state index contributed by atoms with van der Waals surface area (Å²) in [7, 11) is 0.271. The van der Waals surface area contributed by atoms with Crippen molar-refractivity contribution in [2.45, 2.75) is 78.7 Å². The predicted octanol–water partition coefficient (Wildman–Crippen LogP) is 10.3. The third-order valence-corrected chi connectivity index (χ3v) is 9.59. The van der Waals surface area contributed by atoms with Crippen LogP contribution in [0, 0.1) is 12.0 Å². The third-order valence-electron chi connectivity index (χ3n) is 8.16. The number of hydrogen-bond donors (Lipinski definition) is 0. The summed E-state index contributed by atoms with van der Waals surface area (Å²) in [6, 6.07) is 42.4. The Kier molecular flexibility index (Phi) is 18.8. The van der Waals surface area contributed by atoms with Gasteiger partial charge < -0.3 is 5.73 Å². The van der Waals surface area contributed by atoms with Crippen LogP contribution in [0.2, 0.25) is 0 Å². The van der Waals surface area contributed by atoms with Crippen LogP contribution in [0.1, 0.15) is 72.6 Å². The van der Waals surface area contributed by atoms with Gasteiger partial charge in [-0.05, 0) is 11.1 Å². The van der Waals surface area contributed by atoms with Crippen molar-refractivity contribution in [1.29, 1.82) is 0 Å². The molecule has 0 heterocycles. The molecular weight excluding hydrogens is 713 g/mol. The summed E-state index contributed by atoms with van der Waals surface area (Å²) >= 11 is 0. The monoisotopic (exact) mass is 764 g/mol. The van der Waals surface area contributed by atoms with E-state index in [-0.39, 0.29) is 41.4 Å². The van der Waals surface area contributed by atoms with E-state index in [0.717, 1.165) is 12.8 Å². The largest absolute Gasteiger partial charge is 0.675 e. The van der Waals surface area contributed by atoms with Crippen molar-refractivity contribution in [1.82, 2.24) is 0 Å². The second-order valence-electron chi connectivity index (χ2n) is 11.5. The van der Waals surface area contributed by atoms with Crippen LogP contribution in [0.4, 0.5) is 0 Å². The maximum absolute atomic E-state index is 7.51. The van der Waals surface area contributed by atoms with Crippen molar-refractivity contribution in [3.63, 3.8) is 0 Å². The van der Waals surface area contributed by atoms with E-state index >= 15 is 0 Å². The van der Waals surface area contributed by atoms with Crippen molar-refractivity contribution < 1.29 is 25.8 Å². The molecule has 0 spiro atoms. The molecule has 0 aliphatic heterocycles. The topological polar surface area (TPSA) is 23.8 Å². The van der Waals surface area contributed by atoms with Crippen LogP contribution in [-0.2, 0) is 25.8 Å². The molecule has 1 atom stereocenters. The standard InChI is InChI=1S/C12H11Si.C12H10.C9H13.C8H16N.Hf/c1-3-7-11(8-4-1)13-12-9-5-2-6-10-12;1-3-7-11(8-4-1)12-9-5-2-6-10-12;1-6-5-7(2)9(4)8(6)3;9-8-6-4-2-1-3-5-7-8;/h1-10,13H;1-10H;6H,1-4H3;8-9H,1-7H2;/q;;2*-1;. The summed E-state index contributed by atoms with van der Waals surface area (Å²) < 4.78 is 0. The Hall–Kier alpha value is -2.59. The Labute approximate surface area is 289 Å². The molecule has 0 aromatic heterocycles. The molecule has 3 heteroatoms. The zero-order chi connectivity index (χ0) is 30.7. The molecule has 0 amide bonds. The van der Waals surface area contributed by atoms with Crippen molar-refractivity contribution >= 4 is 19.9 Å². The first-order valence-corrected chi connectivity index (χ1v) is 17.1. The minimum Gasteiger partial charge on any atom is -0.675 e. The number of benzene rings is 4.